The van der Waals surface area contributed by atoms with Crippen molar-refractivity contribution in [3.05, 3.63) is 35.4 Å². The van der Waals surface area contributed by atoms with Gasteiger partial charge in [-0.3, -0.25) is 4.79 Å². The van der Waals surface area contributed by atoms with Crippen LogP contribution in [0.25, 0.3) is 0 Å². The molecular formula is C22H32N2O3S. The molecule has 1 aromatic rings. The Morgan fingerprint density at radius 3 is 2.43 bits per heavy atom. The van der Waals surface area contributed by atoms with E-state index in [9.17, 15) is 13.2 Å². The second kappa shape index (κ2) is 8.15. The molecule has 28 heavy (non-hydrogen) atoms. The first-order valence-corrected chi connectivity index (χ1v) is 12.7. The molecule has 0 unspecified atom stereocenters. The van der Waals surface area contributed by atoms with Crippen molar-refractivity contribution in [2.75, 3.05) is 19.3 Å². The number of rotatable bonds is 5. The Hall–Kier alpha value is -1.40. The van der Waals surface area contributed by atoms with Crippen LogP contribution in [0.15, 0.2) is 24.3 Å². The van der Waals surface area contributed by atoms with Crippen LogP contribution in [-0.2, 0) is 14.8 Å². The van der Waals surface area contributed by atoms with Crippen LogP contribution in [0.2, 0.25) is 0 Å². The van der Waals surface area contributed by atoms with Gasteiger partial charge in [0, 0.05) is 25.0 Å². The Kier molecular flexibility index (Phi) is 5.79. The van der Waals surface area contributed by atoms with E-state index >= 15 is 0 Å². The molecular weight excluding hydrogens is 372 g/mol. The molecule has 2 aliphatic carbocycles. The summed E-state index contributed by atoms with van der Waals surface area (Å²) in [5.74, 6) is 1.43. The van der Waals surface area contributed by atoms with Gasteiger partial charge in [0.1, 0.15) is 0 Å². The number of hydrogen-bond acceptors (Lipinski definition) is 3. The van der Waals surface area contributed by atoms with Crippen molar-refractivity contribution in [1.29, 1.82) is 0 Å². The molecule has 2 saturated carbocycles. The number of carbonyl (C=O) groups excluding carboxylic acids is 1. The third kappa shape index (κ3) is 4.60. The molecule has 0 bridgehead atoms. The molecule has 5 nitrogen and oxygen atoms in total. The summed E-state index contributed by atoms with van der Waals surface area (Å²) in [6.07, 6.45) is 9.73. The highest BCUT2D eigenvalue weighted by Gasteiger charge is 2.47. The van der Waals surface area contributed by atoms with Crippen molar-refractivity contribution >= 4 is 15.9 Å². The Balaban J connectivity index is 1.39. The monoisotopic (exact) mass is 404 g/mol. The molecule has 0 spiro atoms. The van der Waals surface area contributed by atoms with Gasteiger partial charge >= 0.3 is 0 Å². The second-order valence-corrected chi connectivity index (χ2v) is 10.7. The van der Waals surface area contributed by atoms with E-state index in [0.29, 0.717) is 24.8 Å². The van der Waals surface area contributed by atoms with Crippen LogP contribution in [-0.4, -0.2) is 44.6 Å². The first kappa shape index (κ1) is 19.9. The van der Waals surface area contributed by atoms with E-state index in [-0.39, 0.29) is 17.9 Å². The minimum Gasteiger partial charge on any atom is -0.342 e. The number of nitrogens with zero attached hydrogens (tertiary/aromatic N) is 1. The molecule has 1 aromatic carbocycles. The molecule has 4 rings (SSSR count). The lowest BCUT2D eigenvalue weighted by molar-refractivity contribution is -0.132. The fraction of sp³-hybridized carbons (Fsp3) is 0.682. The average Bonchev–Trinajstić information content (AvgIpc) is 3.33. The normalized spacial score (nSPS) is 28.9. The van der Waals surface area contributed by atoms with E-state index < -0.39 is 10.0 Å². The Labute approximate surface area is 168 Å². The number of amides is 1. The van der Waals surface area contributed by atoms with E-state index in [0.717, 1.165) is 25.8 Å². The summed E-state index contributed by atoms with van der Waals surface area (Å²) >= 11 is 0. The Morgan fingerprint density at radius 2 is 1.71 bits per heavy atom. The highest BCUT2D eigenvalue weighted by atomic mass is 32.2. The summed E-state index contributed by atoms with van der Waals surface area (Å²) in [4.78, 5) is 15.1. The SMILES string of the molecule is CS(=O)(=O)N[C@H]1CCCN(C(=O)[C@@H]2C[C@H]2c2ccccc2C2CCCC2)CC1. The summed E-state index contributed by atoms with van der Waals surface area (Å²) in [6.45, 7) is 1.40. The maximum Gasteiger partial charge on any atom is 0.226 e. The average molecular weight is 405 g/mol. The quantitative estimate of drug-likeness (QED) is 0.818. The highest BCUT2D eigenvalue weighted by Crippen LogP contribution is 2.52. The molecule has 0 radical (unpaired) electrons. The standard InChI is InChI=1S/C22H32N2O3S/c1-28(26,27)23-17-9-6-13-24(14-12-17)22(25)21-15-20(21)19-11-5-4-10-18(19)16-7-2-3-8-16/h4-5,10-11,16-17,20-21,23H,2-3,6-9,12-15H2,1H3/t17-,20-,21+/m0/s1. The number of sulfonamides is 1. The van der Waals surface area contributed by atoms with Crippen molar-refractivity contribution in [2.24, 2.45) is 5.92 Å². The van der Waals surface area contributed by atoms with Crippen molar-refractivity contribution in [1.82, 2.24) is 9.62 Å². The number of carbonyl (C=O) groups is 1. The molecule has 1 amide bonds. The fourth-order valence-electron chi connectivity index (χ4n) is 5.24. The van der Waals surface area contributed by atoms with Gasteiger partial charge in [0.05, 0.1) is 6.26 Å². The van der Waals surface area contributed by atoms with E-state index in [4.69, 9.17) is 0 Å². The molecule has 0 aromatic heterocycles. The zero-order chi connectivity index (χ0) is 19.7. The van der Waals surface area contributed by atoms with Crippen molar-refractivity contribution < 1.29 is 13.2 Å². The zero-order valence-corrected chi connectivity index (χ0v) is 17.6. The molecule has 3 fully saturated rings. The first-order chi connectivity index (χ1) is 13.4. The zero-order valence-electron chi connectivity index (χ0n) is 16.8. The summed E-state index contributed by atoms with van der Waals surface area (Å²) in [7, 11) is -3.19. The summed E-state index contributed by atoms with van der Waals surface area (Å²) < 4.78 is 25.7. The minimum atomic E-state index is -3.19. The molecule has 3 atom stereocenters. The third-order valence-electron chi connectivity index (χ3n) is 6.72. The Bertz CT molecular complexity index is 817. The van der Waals surface area contributed by atoms with Gasteiger partial charge in [-0.05, 0) is 61.5 Å². The van der Waals surface area contributed by atoms with Gasteiger partial charge in [0.15, 0.2) is 0 Å². The topological polar surface area (TPSA) is 66.5 Å². The van der Waals surface area contributed by atoms with Gasteiger partial charge in [-0.1, -0.05) is 37.1 Å². The number of nitrogens with one attached hydrogen (secondary N) is 1. The van der Waals surface area contributed by atoms with Crippen molar-refractivity contribution in [2.45, 2.75) is 69.2 Å². The van der Waals surface area contributed by atoms with E-state index in [1.165, 1.54) is 43.1 Å². The lowest BCUT2D eigenvalue weighted by Crippen LogP contribution is -2.36. The van der Waals surface area contributed by atoms with Crippen LogP contribution in [0.1, 0.15) is 74.3 Å². The predicted molar refractivity (Wildman–Crippen MR) is 111 cm³/mol. The largest absolute Gasteiger partial charge is 0.342 e. The van der Waals surface area contributed by atoms with Crippen molar-refractivity contribution in [3.8, 4) is 0 Å². The maximum absolute atomic E-state index is 13.1. The van der Waals surface area contributed by atoms with Gasteiger partial charge in [-0.25, -0.2) is 13.1 Å². The molecule has 1 N–H and O–H groups in total. The molecule has 3 aliphatic rings. The lowest BCUT2D eigenvalue weighted by Gasteiger charge is -2.21. The first-order valence-electron chi connectivity index (χ1n) is 10.8. The maximum atomic E-state index is 13.1. The molecule has 1 saturated heterocycles. The molecule has 1 heterocycles. The number of benzene rings is 1. The van der Waals surface area contributed by atoms with Gasteiger partial charge in [0.25, 0.3) is 0 Å². The summed E-state index contributed by atoms with van der Waals surface area (Å²) in [5, 5.41) is 0. The van der Waals surface area contributed by atoms with Gasteiger partial charge in [-0.15, -0.1) is 0 Å². The van der Waals surface area contributed by atoms with Crippen LogP contribution in [0.4, 0.5) is 0 Å². The van der Waals surface area contributed by atoms with Crippen LogP contribution in [0.5, 0.6) is 0 Å². The molecule has 1 aliphatic heterocycles. The predicted octanol–water partition coefficient (Wildman–Crippen LogP) is 3.38. The van der Waals surface area contributed by atoms with Crippen molar-refractivity contribution in [3.63, 3.8) is 0 Å². The van der Waals surface area contributed by atoms with Gasteiger partial charge < -0.3 is 4.90 Å². The summed E-state index contributed by atoms with van der Waals surface area (Å²) in [5.41, 5.74) is 2.88. The van der Waals surface area contributed by atoms with E-state index in [2.05, 4.69) is 29.0 Å². The van der Waals surface area contributed by atoms with Crippen LogP contribution in [0, 0.1) is 5.92 Å². The molecule has 154 valence electrons. The number of hydrogen-bond donors (Lipinski definition) is 1. The van der Waals surface area contributed by atoms with Gasteiger partial charge in [0.2, 0.25) is 15.9 Å². The minimum absolute atomic E-state index is 0.0501. The second-order valence-electron chi connectivity index (χ2n) is 8.90. The van der Waals surface area contributed by atoms with Gasteiger partial charge in [-0.2, -0.15) is 0 Å². The highest BCUT2D eigenvalue weighted by molar-refractivity contribution is 7.88. The Morgan fingerprint density at radius 1 is 1.00 bits per heavy atom. The van der Waals surface area contributed by atoms with Crippen LogP contribution < -0.4 is 4.72 Å². The lowest BCUT2D eigenvalue weighted by atomic mass is 9.90. The van der Waals surface area contributed by atoms with Crippen LogP contribution in [0.3, 0.4) is 0 Å². The van der Waals surface area contributed by atoms with E-state index in [1.807, 2.05) is 4.90 Å². The molecule has 6 heteroatoms. The third-order valence-corrected chi connectivity index (χ3v) is 7.48. The number of likely N-dealkylation sites (tertiary alicyclic amines) is 1. The smallest absolute Gasteiger partial charge is 0.226 e. The van der Waals surface area contributed by atoms with E-state index in [1.54, 1.807) is 0 Å². The van der Waals surface area contributed by atoms with Crippen LogP contribution >= 0.6 is 0 Å². The summed E-state index contributed by atoms with van der Waals surface area (Å²) in [6, 6.07) is 8.71. The fourth-order valence-corrected chi connectivity index (χ4v) is 6.08.